The second-order valence-electron chi connectivity index (χ2n) is 11.2. The average molecular weight is 722 g/mol. The van der Waals surface area contributed by atoms with Crippen LogP contribution < -0.4 is 0 Å². The summed E-state index contributed by atoms with van der Waals surface area (Å²) in [6.07, 6.45) is -12.9. The van der Waals surface area contributed by atoms with Crippen LogP contribution in [0.2, 0.25) is 0 Å². The van der Waals surface area contributed by atoms with Gasteiger partial charge in [-0.05, 0) is 61.7 Å². The highest BCUT2D eigenvalue weighted by Gasteiger charge is 2.73. The van der Waals surface area contributed by atoms with Crippen molar-refractivity contribution in [3.63, 3.8) is 0 Å². The number of carbonyl (C=O) groups is 1. The highest BCUT2D eigenvalue weighted by molar-refractivity contribution is 7.92. The Labute approximate surface area is 272 Å². The van der Waals surface area contributed by atoms with Gasteiger partial charge in [0.05, 0.1) is 23.6 Å². The van der Waals surface area contributed by atoms with Gasteiger partial charge in [0.25, 0.3) is 5.60 Å². The number of thiazole rings is 1. The smallest absolute Gasteiger partial charge is 0.349 e. The quantitative estimate of drug-likeness (QED) is 0.129. The predicted molar refractivity (Wildman–Crippen MR) is 155 cm³/mol. The Kier molecular flexibility index (Phi) is 9.33. The number of fused-ring (bicyclic) bond motifs is 1. The molecule has 1 heterocycles. The molecule has 256 valence electrons. The fraction of sp³-hybridized carbons (Fsp3) is 0.312. The topological polar surface area (TPSA) is 73.3 Å². The van der Waals surface area contributed by atoms with Crippen molar-refractivity contribution in [1.82, 2.24) is 4.98 Å². The number of nitrogens with zero attached hydrogens (tertiary/aromatic N) is 1. The lowest BCUT2D eigenvalue weighted by atomic mass is 9.82. The lowest BCUT2D eigenvalue weighted by Gasteiger charge is -2.39. The number of ketones is 1. The summed E-state index contributed by atoms with van der Waals surface area (Å²) in [7, 11) is -4.52. The summed E-state index contributed by atoms with van der Waals surface area (Å²) in [6, 6.07) is 8.38. The number of alkyl halides is 6. The van der Waals surface area contributed by atoms with Gasteiger partial charge in [-0.25, -0.2) is 26.6 Å². The summed E-state index contributed by atoms with van der Waals surface area (Å²) in [5, 5.41) is 0.404. The standard InChI is InChI=1S/C32H24F9NO4S2/c1-18(43)15-28-42-26-13-14-29(16-27(26)47-28,48(44,45)22-11-9-21(33)10-12-22)19-5-7-20(8-6-19)30(31(36,37)38,32(39,40)41)46-17-23-24(34)3-2-4-25(23)35/h2-12H,13-17H2,1H3. The van der Waals surface area contributed by atoms with E-state index in [9.17, 15) is 52.7 Å². The summed E-state index contributed by atoms with van der Waals surface area (Å²) in [6.45, 7) is -0.414. The molecule has 0 aliphatic heterocycles. The maximum absolute atomic E-state index is 14.5. The van der Waals surface area contributed by atoms with Gasteiger partial charge in [-0.15, -0.1) is 11.3 Å². The first-order valence-electron chi connectivity index (χ1n) is 14.1. The summed E-state index contributed by atoms with van der Waals surface area (Å²) < 4.78 is 160. The number of hydrogen-bond donors (Lipinski definition) is 0. The van der Waals surface area contributed by atoms with E-state index in [4.69, 9.17) is 0 Å². The van der Waals surface area contributed by atoms with Crippen LogP contribution in [-0.4, -0.2) is 31.5 Å². The van der Waals surface area contributed by atoms with Crippen molar-refractivity contribution < 1.29 is 57.5 Å². The Balaban J connectivity index is 1.65. The number of rotatable bonds is 9. The third-order valence-corrected chi connectivity index (χ3v) is 11.8. The van der Waals surface area contributed by atoms with Crippen molar-refractivity contribution in [3.05, 3.63) is 116 Å². The molecule has 1 atom stereocenters. The first-order valence-corrected chi connectivity index (χ1v) is 16.4. The van der Waals surface area contributed by atoms with Crippen molar-refractivity contribution in [2.75, 3.05) is 0 Å². The summed E-state index contributed by atoms with van der Waals surface area (Å²) >= 11 is 1.06. The van der Waals surface area contributed by atoms with Crippen molar-refractivity contribution in [2.45, 2.75) is 66.8 Å². The fourth-order valence-electron chi connectivity index (χ4n) is 5.79. The van der Waals surface area contributed by atoms with Gasteiger partial charge in [0.1, 0.15) is 33.0 Å². The van der Waals surface area contributed by atoms with Gasteiger partial charge >= 0.3 is 12.4 Å². The van der Waals surface area contributed by atoms with E-state index in [0.717, 1.165) is 53.8 Å². The maximum Gasteiger partial charge on any atom is 0.430 e. The van der Waals surface area contributed by atoms with E-state index < -0.39 is 67.7 Å². The van der Waals surface area contributed by atoms with E-state index >= 15 is 0 Å². The Hall–Kier alpha value is -3.76. The number of carbonyl (C=O) groups excluding carboxylic acids is 1. The molecule has 1 unspecified atom stereocenters. The van der Waals surface area contributed by atoms with Crippen LogP contribution in [0.25, 0.3) is 0 Å². The van der Waals surface area contributed by atoms with E-state index in [-0.39, 0.29) is 41.9 Å². The van der Waals surface area contributed by atoms with Gasteiger partial charge in [0, 0.05) is 22.4 Å². The molecule has 0 radical (unpaired) electrons. The number of hydrogen-bond acceptors (Lipinski definition) is 6. The molecule has 5 rings (SSSR count). The van der Waals surface area contributed by atoms with Crippen LogP contribution in [0.15, 0.2) is 71.6 Å². The van der Waals surface area contributed by atoms with Gasteiger partial charge in [0.2, 0.25) is 0 Å². The van der Waals surface area contributed by atoms with Crippen molar-refractivity contribution in [2.24, 2.45) is 0 Å². The number of ether oxygens (including phenoxy) is 1. The highest BCUT2D eigenvalue weighted by atomic mass is 32.2. The molecule has 0 N–H and O–H groups in total. The zero-order chi connectivity index (χ0) is 35.3. The van der Waals surface area contributed by atoms with E-state index in [1.165, 1.54) is 6.92 Å². The third kappa shape index (κ3) is 6.13. The molecule has 0 bridgehead atoms. The number of sulfone groups is 1. The largest absolute Gasteiger partial charge is 0.430 e. The Bertz CT molecular complexity index is 1900. The van der Waals surface area contributed by atoms with Crippen LogP contribution >= 0.6 is 11.3 Å². The molecule has 1 aromatic heterocycles. The van der Waals surface area contributed by atoms with Gasteiger partial charge < -0.3 is 4.74 Å². The minimum atomic E-state index is -6.21. The number of Topliss-reactive ketones (excluding diaryl/α,β-unsaturated/α-hetero) is 1. The van der Waals surface area contributed by atoms with E-state index in [1.54, 1.807) is 0 Å². The van der Waals surface area contributed by atoms with Crippen LogP contribution in [0.4, 0.5) is 39.5 Å². The van der Waals surface area contributed by atoms with Gasteiger partial charge in [-0.3, -0.25) is 4.79 Å². The highest BCUT2D eigenvalue weighted by Crippen LogP contribution is 2.54. The molecule has 4 aromatic rings. The summed E-state index contributed by atoms with van der Waals surface area (Å²) in [5.74, 6) is -3.81. The molecule has 5 nitrogen and oxygen atoms in total. The van der Waals surface area contributed by atoms with Gasteiger partial charge in [0.15, 0.2) is 9.84 Å². The van der Waals surface area contributed by atoms with Crippen LogP contribution in [0, 0.1) is 17.5 Å². The average Bonchev–Trinajstić information content (AvgIpc) is 3.38. The normalized spacial score (nSPS) is 17.3. The molecule has 0 saturated carbocycles. The fourth-order valence-corrected chi connectivity index (χ4v) is 9.28. The zero-order valence-electron chi connectivity index (χ0n) is 24.7. The molecule has 16 heteroatoms. The third-order valence-electron chi connectivity index (χ3n) is 8.18. The Morgan fingerprint density at radius 3 is 2.02 bits per heavy atom. The molecular weight excluding hydrogens is 697 g/mol. The zero-order valence-corrected chi connectivity index (χ0v) is 26.3. The number of aromatic nitrogens is 1. The number of halogens is 9. The monoisotopic (exact) mass is 721 g/mol. The molecule has 1 aliphatic carbocycles. The van der Waals surface area contributed by atoms with Crippen molar-refractivity contribution >= 4 is 27.0 Å². The van der Waals surface area contributed by atoms with E-state index in [1.807, 2.05) is 0 Å². The minimum absolute atomic E-state index is 0.0261. The van der Waals surface area contributed by atoms with Crippen LogP contribution in [0.5, 0.6) is 0 Å². The molecule has 3 aromatic carbocycles. The van der Waals surface area contributed by atoms with Crippen LogP contribution in [0.3, 0.4) is 0 Å². The molecular formula is C32H24F9NO4S2. The van der Waals surface area contributed by atoms with Gasteiger partial charge in [-0.1, -0.05) is 30.3 Å². The van der Waals surface area contributed by atoms with Crippen molar-refractivity contribution in [1.29, 1.82) is 0 Å². The maximum atomic E-state index is 14.5. The molecule has 48 heavy (non-hydrogen) atoms. The summed E-state index contributed by atoms with van der Waals surface area (Å²) in [4.78, 5) is 16.2. The van der Waals surface area contributed by atoms with E-state index in [0.29, 0.717) is 39.8 Å². The molecule has 0 fully saturated rings. The first-order chi connectivity index (χ1) is 22.3. The van der Waals surface area contributed by atoms with Crippen LogP contribution in [0.1, 0.15) is 45.6 Å². The Morgan fingerprint density at radius 2 is 1.48 bits per heavy atom. The second-order valence-corrected chi connectivity index (χ2v) is 14.7. The summed E-state index contributed by atoms with van der Waals surface area (Å²) in [5.41, 5.74) is -7.44. The molecule has 0 saturated heterocycles. The van der Waals surface area contributed by atoms with Crippen molar-refractivity contribution in [3.8, 4) is 0 Å². The van der Waals surface area contributed by atoms with Crippen LogP contribution in [-0.2, 0) is 55.6 Å². The molecule has 1 aliphatic rings. The molecule has 0 amide bonds. The SMILES string of the molecule is CC(=O)Cc1nc2c(s1)CC(c1ccc(C(OCc3c(F)cccc3F)(C(F)(F)F)C(F)(F)F)cc1)(S(=O)(=O)c1ccc(F)cc1)CC2. The second kappa shape index (κ2) is 12.6. The Morgan fingerprint density at radius 1 is 0.896 bits per heavy atom. The first kappa shape index (κ1) is 35.5. The lowest BCUT2D eigenvalue weighted by Crippen LogP contribution is -2.56. The minimum Gasteiger partial charge on any atom is -0.349 e. The lowest BCUT2D eigenvalue weighted by molar-refractivity contribution is -0.392. The predicted octanol–water partition coefficient (Wildman–Crippen LogP) is 8.09. The molecule has 0 spiro atoms. The number of aryl methyl sites for hydroxylation is 1. The number of benzene rings is 3. The van der Waals surface area contributed by atoms with Gasteiger partial charge in [-0.2, -0.15) is 26.3 Å². The van der Waals surface area contributed by atoms with E-state index in [2.05, 4.69) is 9.72 Å².